The van der Waals surface area contributed by atoms with Crippen LogP contribution in [0.2, 0.25) is 0 Å². The molecule has 0 saturated carbocycles. The molecule has 0 aromatic heterocycles. The van der Waals surface area contributed by atoms with E-state index in [1.807, 2.05) is 56.3 Å². The van der Waals surface area contributed by atoms with Crippen molar-refractivity contribution in [3.05, 3.63) is 71.3 Å². The molecule has 0 aliphatic rings. The minimum Gasteiger partial charge on any atom is -0.507 e. The van der Waals surface area contributed by atoms with E-state index >= 15 is 0 Å². The van der Waals surface area contributed by atoms with Crippen LogP contribution in [0.5, 0.6) is 5.75 Å². The number of amides is 1. The zero-order valence-corrected chi connectivity index (χ0v) is 15.3. The predicted molar refractivity (Wildman–Crippen MR) is 108 cm³/mol. The Morgan fingerprint density at radius 1 is 0.962 bits per heavy atom. The Morgan fingerprint density at radius 2 is 1.65 bits per heavy atom. The molecule has 0 atom stereocenters. The van der Waals surface area contributed by atoms with E-state index < -0.39 is 5.91 Å². The van der Waals surface area contributed by atoms with Crippen molar-refractivity contribution in [1.29, 1.82) is 0 Å². The first-order chi connectivity index (χ1) is 12.4. The number of phenols is 1. The maximum absolute atomic E-state index is 12.4. The number of aromatic hydroxyl groups is 1. The molecular weight excluding hydrogens is 346 g/mol. The SMILES string of the molecule is Cc1ccc(C)c(NC(=S)NNC(=O)c2cc3ccccc3cc2O)c1. The molecule has 26 heavy (non-hydrogen) atoms. The summed E-state index contributed by atoms with van der Waals surface area (Å²) >= 11 is 5.22. The van der Waals surface area contributed by atoms with Gasteiger partial charge in [0.05, 0.1) is 5.56 Å². The molecular formula is C20H19N3O2S. The number of anilines is 1. The van der Waals surface area contributed by atoms with Gasteiger partial charge in [-0.2, -0.15) is 0 Å². The lowest BCUT2D eigenvalue weighted by Gasteiger charge is -2.14. The molecule has 4 N–H and O–H groups in total. The minimum atomic E-state index is -0.474. The van der Waals surface area contributed by atoms with E-state index in [0.717, 1.165) is 27.6 Å². The molecule has 0 saturated heterocycles. The fraction of sp³-hybridized carbons (Fsp3) is 0.100. The summed E-state index contributed by atoms with van der Waals surface area (Å²) in [5.41, 5.74) is 8.35. The summed E-state index contributed by atoms with van der Waals surface area (Å²) in [4.78, 5) is 12.4. The average molecular weight is 365 g/mol. The van der Waals surface area contributed by atoms with Crippen LogP contribution >= 0.6 is 12.2 Å². The van der Waals surface area contributed by atoms with Crippen molar-refractivity contribution in [3.63, 3.8) is 0 Å². The highest BCUT2D eigenvalue weighted by atomic mass is 32.1. The van der Waals surface area contributed by atoms with Gasteiger partial charge >= 0.3 is 0 Å². The van der Waals surface area contributed by atoms with Crippen LogP contribution in [-0.2, 0) is 0 Å². The van der Waals surface area contributed by atoms with Crippen LogP contribution in [0.25, 0.3) is 10.8 Å². The first-order valence-corrected chi connectivity index (χ1v) is 8.51. The highest BCUT2D eigenvalue weighted by molar-refractivity contribution is 7.80. The molecule has 0 bridgehead atoms. The second kappa shape index (κ2) is 7.41. The summed E-state index contributed by atoms with van der Waals surface area (Å²) < 4.78 is 0. The number of hydrazine groups is 1. The van der Waals surface area contributed by atoms with E-state index in [2.05, 4.69) is 16.2 Å². The summed E-state index contributed by atoms with van der Waals surface area (Å²) in [5.74, 6) is -0.560. The molecule has 6 heteroatoms. The van der Waals surface area contributed by atoms with Crippen molar-refractivity contribution in [2.24, 2.45) is 0 Å². The maximum atomic E-state index is 12.4. The van der Waals surface area contributed by atoms with Crippen LogP contribution in [0.15, 0.2) is 54.6 Å². The molecule has 0 unspecified atom stereocenters. The molecule has 0 fully saturated rings. The molecule has 0 heterocycles. The normalized spacial score (nSPS) is 10.4. The molecule has 0 aliphatic carbocycles. The molecule has 5 nitrogen and oxygen atoms in total. The summed E-state index contributed by atoms with van der Waals surface area (Å²) in [5, 5.41) is 15.1. The van der Waals surface area contributed by atoms with Gasteiger partial charge in [-0.15, -0.1) is 0 Å². The Morgan fingerprint density at radius 3 is 2.38 bits per heavy atom. The Hall–Kier alpha value is -3.12. The minimum absolute atomic E-state index is 0.0867. The standard InChI is InChI=1S/C20H19N3O2S/c1-12-7-8-13(2)17(9-12)21-20(26)23-22-19(25)16-10-14-5-3-4-6-15(14)11-18(16)24/h3-11,24H,1-2H3,(H,22,25)(H2,21,23,26). The van der Waals surface area contributed by atoms with Crippen molar-refractivity contribution in [1.82, 2.24) is 10.9 Å². The Kier molecular flexibility index (Phi) is 5.04. The number of hydrogen-bond acceptors (Lipinski definition) is 3. The van der Waals surface area contributed by atoms with Gasteiger partial charge in [-0.05, 0) is 66.2 Å². The summed E-state index contributed by atoms with van der Waals surface area (Å²) in [7, 11) is 0. The summed E-state index contributed by atoms with van der Waals surface area (Å²) in [6.07, 6.45) is 0. The second-order valence-electron chi connectivity index (χ2n) is 6.07. The average Bonchev–Trinajstić information content (AvgIpc) is 2.62. The van der Waals surface area contributed by atoms with Gasteiger partial charge in [0.1, 0.15) is 5.75 Å². The molecule has 0 aliphatic heterocycles. The van der Waals surface area contributed by atoms with Crippen LogP contribution in [0.3, 0.4) is 0 Å². The van der Waals surface area contributed by atoms with Crippen molar-refractivity contribution in [2.45, 2.75) is 13.8 Å². The molecule has 3 rings (SSSR count). The van der Waals surface area contributed by atoms with E-state index in [0.29, 0.717) is 0 Å². The first kappa shape index (κ1) is 17.7. The number of carbonyl (C=O) groups excluding carboxylic acids is 1. The Bertz CT molecular complexity index is 1000. The third kappa shape index (κ3) is 3.92. The zero-order chi connectivity index (χ0) is 18.7. The van der Waals surface area contributed by atoms with Gasteiger partial charge in [0.25, 0.3) is 5.91 Å². The van der Waals surface area contributed by atoms with Gasteiger partial charge in [-0.3, -0.25) is 15.6 Å². The van der Waals surface area contributed by atoms with Crippen LogP contribution in [0.1, 0.15) is 21.5 Å². The van der Waals surface area contributed by atoms with Gasteiger partial charge in [0.15, 0.2) is 5.11 Å². The maximum Gasteiger partial charge on any atom is 0.273 e. The van der Waals surface area contributed by atoms with Gasteiger partial charge in [0, 0.05) is 5.69 Å². The van der Waals surface area contributed by atoms with Gasteiger partial charge in [-0.1, -0.05) is 36.4 Å². The van der Waals surface area contributed by atoms with E-state index in [9.17, 15) is 9.90 Å². The number of aryl methyl sites for hydroxylation is 2. The quantitative estimate of drug-likeness (QED) is 0.411. The molecule has 3 aromatic carbocycles. The molecule has 132 valence electrons. The van der Waals surface area contributed by atoms with Crippen LogP contribution in [0.4, 0.5) is 5.69 Å². The van der Waals surface area contributed by atoms with Crippen LogP contribution in [-0.4, -0.2) is 16.1 Å². The number of fused-ring (bicyclic) bond motifs is 1. The predicted octanol–water partition coefficient (Wildman–Crippen LogP) is 3.79. The van der Waals surface area contributed by atoms with Crippen molar-refractivity contribution >= 4 is 39.7 Å². The van der Waals surface area contributed by atoms with Gasteiger partial charge < -0.3 is 10.4 Å². The fourth-order valence-electron chi connectivity index (χ4n) is 2.62. The van der Waals surface area contributed by atoms with E-state index in [1.54, 1.807) is 12.1 Å². The third-order valence-corrected chi connectivity index (χ3v) is 4.24. The lowest BCUT2D eigenvalue weighted by atomic mass is 10.1. The number of rotatable bonds is 2. The van der Waals surface area contributed by atoms with E-state index in [1.165, 1.54) is 0 Å². The lowest BCUT2D eigenvalue weighted by Crippen LogP contribution is -2.43. The number of hydrogen-bond donors (Lipinski definition) is 4. The van der Waals surface area contributed by atoms with Gasteiger partial charge in [0.2, 0.25) is 0 Å². The summed E-state index contributed by atoms with van der Waals surface area (Å²) in [6, 6.07) is 16.7. The van der Waals surface area contributed by atoms with Crippen molar-refractivity contribution in [2.75, 3.05) is 5.32 Å². The number of nitrogens with one attached hydrogen (secondary N) is 3. The number of carbonyl (C=O) groups is 1. The van der Waals surface area contributed by atoms with Gasteiger partial charge in [-0.25, -0.2) is 0 Å². The largest absolute Gasteiger partial charge is 0.507 e. The summed E-state index contributed by atoms with van der Waals surface area (Å²) in [6.45, 7) is 3.96. The molecule has 0 spiro atoms. The highest BCUT2D eigenvalue weighted by Crippen LogP contribution is 2.24. The third-order valence-electron chi connectivity index (χ3n) is 4.04. The Labute approximate surface area is 157 Å². The smallest absolute Gasteiger partial charge is 0.273 e. The lowest BCUT2D eigenvalue weighted by molar-refractivity contribution is 0.0941. The second-order valence-corrected chi connectivity index (χ2v) is 6.48. The number of thiocarbonyl (C=S) groups is 1. The first-order valence-electron chi connectivity index (χ1n) is 8.10. The molecule has 1 amide bonds. The monoisotopic (exact) mass is 365 g/mol. The fourth-order valence-corrected chi connectivity index (χ4v) is 2.78. The number of phenolic OH excluding ortho intramolecular Hbond substituents is 1. The number of benzene rings is 3. The molecule has 3 aromatic rings. The zero-order valence-electron chi connectivity index (χ0n) is 14.5. The van der Waals surface area contributed by atoms with Crippen LogP contribution in [0, 0.1) is 13.8 Å². The van der Waals surface area contributed by atoms with Crippen LogP contribution < -0.4 is 16.2 Å². The topological polar surface area (TPSA) is 73.4 Å². The van der Waals surface area contributed by atoms with Crippen molar-refractivity contribution < 1.29 is 9.90 Å². The molecule has 0 radical (unpaired) electrons. The van der Waals surface area contributed by atoms with Crippen molar-refractivity contribution in [3.8, 4) is 5.75 Å². The van der Waals surface area contributed by atoms with E-state index in [4.69, 9.17) is 12.2 Å². The highest BCUT2D eigenvalue weighted by Gasteiger charge is 2.13. The Balaban J connectivity index is 1.68. The van der Waals surface area contributed by atoms with E-state index in [-0.39, 0.29) is 16.4 Å².